The average molecular weight is 356 g/mol. The van der Waals surface area contributed by atoms with Crippen LogP contribution in [0.25, 0.3) is 0 Å². The molecule has 0 radical (unpaired) electrons. The summed E-state index contributed by atoms with van der Waals surface area (Å²) in [5.74, 6) is 2.12. The van der Waals surface area contributed by atoms with Crippen molar-refractivity contribution in [3.8, 4) is 0 Å². The molecule has 1 saturated heterocycles. The second-order valence-corrected chi connectivity index (χ2v) is 8.41. The largest absolute Gasteiger partial charge is 0.472 e. The van der Waals surface area contributed by atoms with Gasteiger partial charge in [-0.3, -0.25) is 9.58 Å². The number of hydrogen-bond acceptors (Lipinski definition) is 6. The average Bonchev–Trinajstić information content (AvgIpc) is 3.20. The minimum atomic E-state index is -3.56. The lowest BCUT2D eigenvalue weighted by molar-refractivity contribution is 0.218. The molecular formula is C14H20N4O3S2. The van der Waals surface area contributed by atoms with E-state index < -0.39 is 10.0 Å². The van der Waals surface area contributed by atoms with Crippen LogP contribution in [0.3, 0.4) is 0 Å². The summed E-state index contributed by atoms with van der Waals surface area (Å²) in [5.41, 5.74) is 0.991. The van der Waals surface area contributed by atoms with Gasteiger partial charge in [0, 0.05) is 49.9 Å². The molecule has 2 aromatic heterocycles. The van der Waals surface area contributed by atoms with E-state index in [0.717, 1.165) is 30.2 Å². The Kier molecular flexibility index (Phi) is 5.10. The van der Waals surface area contributed by atoms with Crippen LogP contribution in [0, 0.1) is 0 Å². The lowest BCUT2D eigenvalue weighted by Gasteiger charge is -2.33. The van der Waals surface area contributed by atoms with Crippen molar-refractivity contribution in [2.24, 2.45) is 7.05 Å². The zero-order valence-electron chi connectivity index (χ0n) is 12.9. The van der Waals surface area contributed by atoms with Crippen LogP contribution in [-0.2, 0) is 17.1 Å². The predicted molar refractivity (Wildman–Crippen MR) is 88.7 cm³/mol. The van der Waals surface area contributed by atoms with Gasteiger partial charge in [0.15, 0.2) is 0 Å². The molecule has 0 spiro atoms. The summed E-state index contributed by atoms with van der Waals surface area (Å²) in [4.78, 5) is 2.48. The Morgan fingerprint density at radius 1 is 1.43 bits per heavy atom. The molecule has 1 N–H and O–H groups in total. The SMILES string of the molecule is Cn1cc(S(=O)(=O)NC[C@H](c2ccoc2)N2CCSCC2)cn1. The van der Waals surface area contributed by atoms with Crippen molar-refractivity contribution >= 4 is 21.8 Å². The monoisotopic (exact) mass is 356 g/mol. The molecule has 0 aromatic carbocycles. The third-order valence-corrected chi connectivity index (χ3v) is 6.19. The minimum absolute atomic E-state index is 0.0268. The first-order valence-electron chi connectivity index (χ1n) is 7.38. The Hall–Kier alpha value is -1.29. The van der Waals surface area contributed by atoms with Crippen molar-refractivity contribution in [1.29, 1.82) is 0 Å². The Morgan fingerprint density at radius 2 is 2.22 bits per heavy atom. The molecule has 1 aliphatic rings. The van der Waals surface area contributed by atoms with Crippen molar-refractivity contribution in [3.63, 3.8) is 0 Å². The molecule has 126 valence electrons. The molecular weight excluding hydrogens is 336 g/mol. The fraction of sp³-hybridized carbons (Fsp3) is 0.500. The number of aromatic nitrogens is 2. The maximum Gasteiger partial charge on any atom is 0.243 e. The molecule has 2 aromatic rings. The summed E-state index contributed by atoms with van der Waals surface area (Å²) < 4.78 is 34.1. The maximum absolute atomic E-state index is 12.4. The topological polar surface area (TPSA) is 80.4 Å². The van der Waals surface area contributed by atoms with Crippen molar-refractivity contribution in [2.45, 2.75) is 10.9 Å². The third kappa shape index (κ3) is 3.97. The summed E-state index contributed by atoms with van der Waals surface area (Å²) >= 11 is 1.92. The van der Waals surface area contributed by atoms with Crippen LogP contribution in [-0.4, -0.2) is 54.2 Å². The van der Waals surface area contributed by atoms with E-state index in [-0.39, 0.29) is 10.9 Å². The molecule has 1 fully saturated rings. The van der Waals surface area contributed by atoms with Crippen molar-refractivity contribution in [1.82, 2.24) is 19.4 Å². The van der Waals surface area contributed by atoms with E-state index >= 15 is 0 Å². The van der Waals surface area contributed by atoms with E-state index in [9.17, 15) is 8.42 Å². The summed E-state index contributed by atoms with van der Waals surface area (Å²) in [7, 11) is -1.87. The summed E-state index contributed by atoms with van der Waals surface area (Å²) in [5, 5.41) is 3.92. The lowest BCUT2D eigenvalue weighted by Crippen LogP contribution is -2.41. The van der Waals surface area contributed by atoms with Gasteiger partial charge in [0.05, 0.1) is 24.8 Å². The highest BCUT2D eigenvalue weighted by Gasteiger charge is 2.26. The van der Waals surface area contributed by atoms with Crippen LogP contribution in [0.4, 0.5) is 0 Å². The van der Waals surface area contributed by atoms with Gasteiger partial charge in [-0.05, 0) is 6.07 Å². The molecule has 1 aliphatic heterocycles. The number of sulfonamides is 1. The van der Waals surface area contributed by atoms with E-state index in [1.165, 1.54) is 17.1 Å². The molecule has 23 heavy (non-hydrogen) atoms. The van der Waals surface area contributed by atoms with E-state index in [2.05, 4.69) is 14.7 Å². The molecule has 0 unspecified atom stereocenters. The highest BCUT2D eigenvalue weighted by atomic mass is 32.2. The molecule has 0 saturated carbocycles. The number of nitrogens with zero attached hydrogens (tertiary/aromatic N) is 3. The van der Waals surface area contributed by atoms with Crippen LogP contribution in [0.1, 0.15) is 11.6 Å². The zero-order chi connectivity index (χ0) is 16.3. The highest BCUT2D eigenvalue weighted by molar-refractivity contribution is 7.99. The van der Waals surface area contributed by atoms with Gasteiger partial charge in [0.2, 0.25) is 10.0 Å². The van der Waals surface area contributed by atoms with Gasteiger partial charge >= 0.3 is 0 Å². The Balaban J connectivity index is 1.73. The van der Waals surface area contributed by atoms with Crippen LogP contribution < -0.4 is 4.72 Å². The van der Waals surface area contributed by atoms with E-state index in [4.69, 9.17) is 4.42 Å². The van der Waals surface area contributed by atoms with Crippen molar-refractivity contribution in [3.05, 3.63) is 36.5 Å². The summed E-state index contributed by atoms with van der Waals surface area (Å²) in [6.45, 7) is 2.19. The van der Waals surface area contributed by atoms with E-state index in [1.54, 1.807) is 19.6 Å². The number of thioether (sulfide) groups is 1. The fourth-order valence-corrected chi connectivity index (χ4v) is 4.57. The zero-order valence-corrected chi connectivity index (χ0v) is 14.5. The predicted octanol–water partition coefficient (Wildman–Crippen LogP) is 1.08. The lowest BCUT2D eigenvalue weighted by atomic mass is 10.1. The molecule has 3 rings (SSSR count). The van der Waals surface area contributed by atoms with Gasteiger partial charge in [0.1, 0.15) is 4.90 Å². The highest BCUT2D eigenvalue weighted by Crippen LogP contribution is 2.24. The van der Waals surface area contributed by atoms with E-state index in [1.807, 2.05) is 17.8 Å². The normalized spacial score (nSPS) is 18.1. The first-order chi connectivity index (χ1) is 11.1. The molecule has 1 atom stereocenters. The maximum atomic E-state index is 12.4. The Morgan fingerprint density at radius 3 is 2.83 bits per heavy atom. The quantitative estimate of drug-likeness (QED) is 0.834. The van der Waals surface area contributed by atoms with Gasteiger partial charge in [-0.2, -0.15) is 16.9 Å². The van der Waals surface area contributed by atoms with Crippen molar-refractivity contribution < 1.29 is 12.8 Å². The number of nitrogens with one attached hydrogen (secondary N) is 1. The van der Waals surface area contributed by atoms with Crippen molar-refractivity contribution in [2.75, 3.05) is 31.1 Å². The first kappa shape index (κ1) is 16.6. The second kappa shape index (κ2) is 7.08. The molecule has 9 heteroatoms. The summed E-state index contributed by atoms with van der Waals surface area (Å²) in [6, 6.07) is 1.87. The van der Waals surface area contributed by atoms with Gasteiger partial charge in [0.25, 0.3) is 0 Å². The van der Waals surface area contributed by atoms with Crippen LogP contribution in [0.2, 0.25) is 0 Å². The number of rotatable bonds is 6. The smallest absolute Gasteiger partial charge is 0.243 e. The first-order valence-corrected chi connectivity index (χ1v) is 10.0. The van der Waals surface area contributed by atoms with Crippen LogP contribution in [0.5, 0.6) is 0 Å². The summed E-state index contributed by atoms with van der Waals surface area (Å²) in [6.07, 6.45) is 6.15. The van der Waals surface area contributed by atoms with Gasteiger partial charge in [-0.1, -0.05) is 0 Å². The van der Waals surface area contributed by atoms with E-state index in [0.29, 0.717) is 6.54 Å². The third-order valence-electron chi connectivity index (χ3n) is 3.87. The molecule has 7 nitrogen and oxygen atoms in total. The van der Waals surface area contributed by atoms with Crippen LogP contribution in [0.15, 0.2) is 40.3 Å². The molecule has 0 bridgehead atoms. The Labute approximate surface area is 140 Å². The number of hydrogen-bond donors (Lipinski definition) is 1. The minimum Gasteiger partial charge on any atom is -0.472 e. The molecule has 0 amide bonds. The van der Waals surface area contributed by atoms with Gasteiger partial charge in [-0.15, -0.1) is 0 Å². The fourth-order valence-electron chi connectivity index (χ4n) is 2.62. The molecule has 3 heterocycles. The van der Waals surface area contributed by atoms with Crippen LogP contribution >= 0.6 is 11.8 Å². The second-order valence-electron chi connectivity index (χ2n) is 5.42. The van der Waals surface area contributed by atoms with Gasteiger partial charge in [-0.25, -0.2) is 13.1 Å². The standard InChI is InChI=1S/C14H20N4O3S2/c1-17-10-13(8-15-17)23(19,20)16-9-14(12-2-5-21-11-12)18-3-6-22-7-4-18/h2,5,8,10-11,14,16H,3-4,6-7,9H2,1H3/t14-/m1/s1. The Bertz CT molecular complexity index is 721. The number of furan rings is 1. The molecule has 0 aliphatic carbocycles. The van der Waals surface area contributed by atoms with Gasteiger partial charge < -0.3 is 4.42 Å². The number of aryl methyl sites for hydroxylation is 1.